The Kier molecular flexibility index (Phi) is 5.61. The van der Waals surface area contributed by atoms with Crippen molar-refractivity contribution in [2.24, 2.45) is 0 Å². The number of aryl methyl sites for hydroxylation is 1. The topological polar surface area (TPSA) is 83.6 Å². The van der Waals surface area contributed by atoms with E-state index in [0.717, 1.165) is 9.87 Å². The van der Waals surface area contributed by atoms with Gasteiger partial charge < -0.3 is 5.32 Å². The summed E-state index contributed by atoms with van der Waals surface area (Å²) in [5.41, 5.74) is 2.83. The maximum atomic E-state index is 13.1. The zero-order valence-corrected chi connectivity index (χ0v) is 17.7. The second-order valence-electron chi connectivity index (χ2n) is 7.46. The second kappa shape index (κ2) is 7.83. The van der Waals surface area contributed by atoms with Crippen molar-refractivity contribution in [3.8, 4) is 0 Å². The van der Waals surface area contributed by atoms with Crippen molar-refractivity contribution in [1.82, 2.24) is 9.62 Å². The predicted octanol–water partition coefficient (Wildman–Crippen LogP) is 3.24. The molecule has 152 valence electrons. The van der Waals surface area contributed by atoms with Gasteiger partial charge in [0.25, 0.3) is 21.8 Å². The SMILES string of the molecule is CC1=C(c2ccc(C)cc2)S(=O)(=O)N(Cc2ccc(C(=O)NC(C)C)cc2)C1=O. The van der Waals surface area contributed by atoms with E-state index in [1.54, 1.807) is 36.4 Å². The van der Waals surface area contributed by atoms with Gasteiger partial charge in [-0.1, -0.05) is 42.0 Å². The van der Waals surface area contributed by atoms with Crippen LogP contribution < -0.4 is 5.32 Å². The standard InChI is InChI=1S/C22H24N2O4S/c1-14(2)23-21(25)19-11-7-17(8-12-19)13-24-22(26)16(4)20(29(24,27)28)18-9-5-15(3)6-10-18/h5-12,14H,13H2,1-4H3,(H,23,25). The maximum Gasteiger partial charge on any atom is 0.268 e. The molecule has 0 bridgehead atoms. The number of hydrogen-bond acceptors (Lipinski definition) is 4. The highest BCUT2D eigenvalue weighted by Gasteiger charge is 2.42. The zero-order valence-electron chi connectivity index (χ0n) is 16.9. The van der Waals surface area contributed by atoms with E-state index < -0.39 is 15.9 Å². The van der Waals surface area contributed by atoms with Crippen molar-refractivity contribution in [3.05, 3.63) is 76.4 Å². The van der Waals surface area contributed by atoms with Gasteiger partial charge in [0.2, 0.25) is 0 Å². The molecule has 0 radical (unpaired) electrons. The van der Waals surface area contributed by atoms with Crippen molar-refractivity contribution in [1.29, 1.82) is 0 Å². The zero-order chi connectivity index (χ0) is 21.3. The van der Waals surface area contributed by atoms with Crippen molar-refractivity contribution in [2.45, 2.75) is 40.3 Å². The van der Waals surface area contributed by atoms with E-state index in [-0.39, 0.29) is 29.0 Å². The maximum absolute atomic E-state index is 13.1. The van der Waals surface area contributed by atoms with Crippen LogP contribution in [0, 0.1) is 6.92 Å². The summed E-state index contributed by atoms with van der Waals surface area (Å²) < 4.78 is 27.1. The number of rotatable bonds is 5. The Morgan fingerprint density at radius 2 is 1.59 bits per heavy atom. The van der Waals surface area contributed by atoms with Crippen LogP contribution in [0.25, 0.3) is 4.91 Å². The van der Waals surface area contributed by atoms with Crippen LogP contribution in [-0.2, 0) is 21.4 Å². The fourth-order valence-corrected chi connectivity index (χ4v) is 5.00. The molecule has 0 saturated heterocycles. The van der Waals surface area contributed by atoms with Gasteiger partial charge in [-0.25, -0.2) is 12.7 Å². The molecule has 0 unspecified atom stereocenters. The summed E-state index contributed by atoms with van der Waals surface area (Å²) in [6, 6.07) is 13.7. The Hall–Kier alpha value is -2.93. The molecule has 2 aromatic rings. The van der Waals surface area contributed by atoms with E-state index in [9.17, 15) is 18.0 Å². The van der Waals surface area contributed by atoms with Gasteiger partial charge in [-0.3, -0.25) is 9.59 Å². The number of nitrogens with one attached hydrogen (secondary N) is 1. The van der Waals surface area contributed by atoms with Gasteiger partial charge in [0, 0.05) is 17.2 Å². The predicted molar refractivity (Wildman–Crippen MR) is 112 cm³/mol. The lowest BCUT2D eigenvalue weighted by atomic mass is 10.1. The van der Waals surface area contributed by atoms with E-state index in [2.05, 4.69) is 5.32 Å². The number of carbonyl (C=O) groups is 2. The molecule has 0 fully saturated rings. The highest BCUT2D eigenvalue weighted by molar-refractivity contribution is 7.99. The molecule has 1 N–H and O–H groups in total. The van der Waals surface area contributed by atoms with Crippen LogP contribution in [0.15, 0.2) is 54.1 Å². The summed E-state index contributed by atoms with van der Waals surface area (Å²) >= 11 is 0. The largest absolute Gasteiger partial charge is 0.350 e. The Balaban J connectivity index is 1.85. The quantitative estimate of drug-likeness (QED) is 0.817. The van der Waals surface area contributed by atoms with Gasteiger partial charge in [0.05, 0.1) is 6.54 Å². The third-order valence-electron chi connectivity index (χ3n) is 4.71. The molecular formula is C22H24N2O4S. The minimum Gasteiger partial charge on any atom is -0.350 e. The number of benzene rings is 2. The molecule has 0 aliphatic carbocycles. The third-order valence-corrected chi connectivity index (χ3v) is 6.64. The summed E-state index contributed by atoms with van der Waals surface area (Å²) in [6.45, 7) is 7.11. The van der Waals surface area contributed by atoms with Crippen LogP contribution in [0.2, 0.25) is 0 Å². The average molecular weight is 413 g/mol. The normalized spacial score (nSPS) is 15.9. The minimum atomic E-state index is -3.95. The van der Waals surface area contributed by atoms with Crippen LogP contribution in [0.3, 0.4) is 0 Å². The Labute approximate surface area is 171 Å². The number of amides is 2. The van der Waals surface area contributed by atoms with Gasteiger partial charge in [-0.05, 0) is 51.0 Å². The average Bonchev–Trinajstić information content (AvgIpc) is 2.82. The summed E-state index contributed by atoms with van der Waals surface area (Å²) in [4.78, 5) is 24.8. The molecule has 0 spiro atoms. The van der Waals surface area contributed by atoms with E-state index in [1.165, 1.54) is 6.92 Å². The first kappa shape index (κ1) is 20.8. The van der Waals surface area contributed by atoms with E-state index >= 15 is 0 Å². The van der Waals surface area contributed by atoms with Crippen molar-refractivity contribution < 1.29 is 18.0 Å². The molecule has 6 nitrogen and oxygen atoms in total. The molecule has 0 aromatic heterocycles. The monoisotopic (exact) mass is 412 g/mol. The molecule has 2 amide bonds. The van der Waals surface area contributed by atoms with Crippen molar-refractivity contribution >= 4 is 26.7 Å². The fraction of sp³-hybridized carbons (Fsp3) is 0.273. The van der Waals surface area contributed by atoms with E-state index in [4.69, 9.17) is 0 Å². The van der Waals surface area contributed by atoms with Crippen LogP contribution in [0.4, 0.5) is 0 Å². The van der Waals surface area contributed by atoms with Crippen LogP contribution >= 0.6 is 0 Å². The van der Waals surface area contributed by atoms with Crippen molar-refractivity contribution in [2.75, 3.05) is 0 Å². The van der Waals surface area contributed by atoms with Gasteiger partial charge in [0.15, 0.2) is 0 Å². The first-order chi connectivity index (χ1) is 13.6. The summed E-state index contributed by atoms with van der Waals surface area (Å²) in [5.74, 6) is -0.724. The molecule has 3 rings (SSSR count). The van der Waals surface area contributed by atoms with Gasteiger partial charge in [-0.2, -0.15) is 0 Å². The lowest BCUT2D eigenvalue weighted by Gasteiger charge is -2.17. The number of hydrogen-bond donors (Lipinski definition) is 1. The molecule has 7 heteroatoms. The molecule has 1 heterocycles. The van der Waals surface area contributed by atoms with Crippen LogP contribution in [0.1, 0.15) is 47.8 Å². The first-order valence-corrected chi connectivity index (χ1v) is 10.8. The molecule has 29 heavy (non-hydrogen) atoms. The van der Waals surface area contributed by atoms with Crippen molar-refractivity contribution in [3.63, 3.8) is 0 Å². The van der Waals surface area contributed by atoms with Crippen LogP contribution in [0.5, 0.6) is 0 Å². The minimum absolute atomic E-state index is 0.0174. The van der Waals surface area contributed by atoms with E-state index in [0.29, 0.717) is 16.7 Å². The molecule has 0 atom stereocenters. The summed E-state index contributed by atoms with van der Waals surface area (Å²) in [5, 5.41) is 2.80. The molecular weight excluding hydrogens is 388 g/mol. The fourth-order valence-electron chi connectivity index (χ4n) is 3.20. The lowest BCUT2D eigenvalue weighted by molar-refractivity contribution is -0.122. The lowest BCUT2D eigenvalue weighted by Crippen LogP contribution is -2.31. The number of nitrogens with zero attached hydrogens (tertiary/aromatic N) is 1. The highest BCUT2D eigenvalue weighted by atomic mass is 32.2. The Bertz CT molecular complexity index is 1080. The molecule has 1 aliphatic rings. The second-order valence-corrected chi connectivity index (χ2v) is 9.26. The summed E-state index contributed by atoms with van der Waals surface area (Å²) in [7, 11) is -3.95. The highest BCUT2D eigenvalue weighted by Crippen LogP contribution is 2.36. The smallest absolute Gasteiger partial charge is 0.268 e. The van der Waals surface area contributed by atoms with Gasteiger partial charge in [0.1, 0.15) is 4.91 Å². The molecule has 0 saturated carbocycles. The Morgan fingerprint density at radius 3 is 2.14 bits per heavy atom. The van der Waals surface area contributed by atoms with Gasteiger partial charge in [-0.15, -0.1) is 0 Å². The molecule has 2 aromatic carbocycles. The number of sulfonamides is 1. The third kappa shape index (κ3) is 4.10. The molecule has 1 aliphatic heterocycles. The van der Waals surface area contributed by atoms with Gasteiger partial charge >= 0.3 is 0 Å². The first-order valence-electron chi connectivity index (χ1n) is 9.36. The Morgan fingerprint density at radius 1 is 1.00 bits per heavy atom. The summed E-state index contributed by atoms with van der Waals surface area (Å²) in [6.07, 6.45) is 0. The van der Waals surface area contributed by atoms with E-state index in [1.807, 2.05) is 32.9 Å². The number of carbonyl (C=O) groups excluding carboxylic acids is 2. The van der Waals surface area contributed by atoms with Crippen LogP contribution in [-0.4, -0.2) is 30.6 Å².